The summed E-state index contributed by atoms with van der Waals surface area (Å²) < 4.78 is 0. The summed E-state index contributed by atoms with van der Waals surface area (Å²) in [4.78, 5) is 13.8. The number of aliphatic hydroxyl groups excluding tert-OH is 1. The number of likely N-dealkylation sites (N-methyl/N-ethyl adjacent to an activating group) is 1. The van der Waals surface area contributed by atoms with Gasteiger partial charge in [-0.05, 0) is 24.5 Å². The predicted molar refractivity (Wildman–Crippen MR) is 76.5 cm³/mol. The zero-order valence-electron chi connectivity index (χ0n) is 11.3. The number of hydrogen-bond acceptors (Lipinski definition) is 2. The Balaban J connectivity index is 1.97. The van der Waals surface area contributed by atoms with Crippen molar-refractivity contribution in [1.29, 1.82) is 0 Å². The van der Waals surface area contributed by atoms with Crippen LogP contribution < -0.4 is 0 Å². The van der Waals surface area contributed by atoms with E-state index in [1.54, 1.807) is 18.0 Å². The van der Waals surface area contributed by atoms with Gasteiger partial charge in [-0.25, -0.2) is 0 Å². The van der Waals surface area contributed by atoms with Gasteiger partial charge in [0, 0.05) is 13.1 Å². The Morgan fingerprint density at radius 2 is 1.95 bits per heavy atom. The molecule has 1 aromatic rings. The zero-order valence-corrected chi connectivity index (χ0v) is 11.3. The second-order valence-corrected chi connectivity index (χ2v) is 5.11. The van der Waals surface area contributed by atoms with E-state index in [-0.39, 0.29) is 18.1 Å². The number of carbonyl (C=O) groups excluding carboxylic acids is 1. The van der Waals surface area contributed by atoms with Crippen molar-refractivity contribution in [3.05, 3.63) is 42.0 Å². The van der Waals surface area contributed by atoms with Crippen molar-refractivity contribution in [2.75, 3.05) is 7.05 Å². The Kier molecular flexibility index (Phi) is 4.74. The first kappa shape index (κ1) is 13.8. The van der Waals surface area contributed by atoms with Crippen LogP contribution in [0.4, 0.5) is 0 Å². The molecule has 0 spiro atoms. The fourth-order valence-corrected chi connectivity index (χ4v) is 2.56. The summed E-state index contributed by atoms with van der Waals surface area (Å²) in [6.45, 7) is 0. The van der Waals surface area contributed by atoms with E-state index in [1.807, 2.05) is 36.4 Å². The average Bonchev–Trinajstić information content (AvgIpc) is 2.45. The van der Waals surface area contributed by atoms with Crippen LogP contribution in [-0.4, -0.2) is 35.1 Å². The van der Waals surface area contributed by atoms with Crippen LogP contribution >= 0.6 is 0 Å². The minimum atomic E-state index is -0.382. The number of rotatable bonds is 3. The fourth-order valence-electron chi connectivity index (χ4n) is 2.56. The number of amides is 1. The highest BCUT2D eigenvalue weighted by Gasteiger charge is 2.28. The minimum Gasteiger partial charge on any atom is -0.391 e. The van der Waals surface area contributed by atoms with Gasteiger partial charge >= 0.3 is 0 Å². The largest absolute Gasteiger partial charge is 0.391 e. The van der Waals surface area contributed by atoms with E-state index in [9.17, 15) is 9.90 Å². The molecule has 2 atom stereocenters. The normalized spacial score (nSPS) is 23.5. The SMILES string of the molecule is CN(C(=O)/C=C/c1ccccc1)C1CCCCC1O. The van der Waals surface area contributed by atoms with Gasteiger partial charge in [-0.1, -0.05) is 43.2 Å². The molecule has 0 aliphatic heterocycles. The number of aliphatic hydroxyl groups is 1. The van der Waals surface area contributed by atoms with Gasteiger partial charge < -0.3 is 10.0 Å². The van der Waals surface area contributed by atoms with Crippen LogP contribution in [0.3, 0.4) is 0 Å². The summed E-state index contributed by atoms with van der Waals surface area (Å²) in [5.74, 6) is -0.0465. The first-order valence-corrected chi connectivity index (χ1v) is 6.86. The van der Waals surface area contributed by atoms with Crippen molar-refractivity contribution in [3.8, 4) is 0 Å². The molecule has 2 rings (SSSR count). The Morgan fingerprint density at radius 3 is 2.63 bits per heavy atom. The topological polar surface area (TPSA) is 40.5 Å². The van der Waals surface area contributed by atoms with E-state index in [0.29, 0.717) is 0 Å². The van der Waals surface area contributed by atoms with Crippen LogP contribution in [0.1, 0.15) is 31.2 Å². The molecular weight excluding hydrogens is 238 g/mol. The first-order valence-electron chi connectivity index (χ1n) is 6.86. The predicted octanol–water partition coefficient (Wildman–Crippen LogP) is 2.46. The van der Waals surface area contributed by atoms with Crippen LogP contribution in [0.15, 0.2) is 36.4 Å². The van der Waals surface area contributed by atoms with Crippen molar-refractivity contribution in [3.63, 3.8) is 0 Å². The van der Waals surface area contributed by atoms with Gasteiger partial charge in [0.25, 0.3) is 0 Å². The monoisotopic (exact) mass is 259 g/mol. The standard InChI is InChI=1S/C16H21NO2/c1-17(14-9-5-6-10-15(14)18)16(19)12-11-13-7-3-2-4-8-13/h2-4,7-8,11-12,14-15,18H,5-6,9-10H2,1H3/b12-11+. The maximum absolute atomic E-state index is 12.1. The van der Waals surface area contributed by atoms with Crippen molar-refractivity contribution in [2.45, 2.75) is 37.8 Å². The highest BCUT2D eigenvalue weighted by Crippen LogP contribution is 2.22. The Labute approximate surface area is 114 Å². The molecule has 2 unspecified atom stereocenters. The summed E-state index contributed by atoms with van der Waals surface area (Å²) in [6.07, 6.45) is 6.84. The van der Waals surface area contributed by atoms with Gasteiger partial charge in [-0.2, -0.15) is 0 Å². The van der Waals surface area contributed by atoms with Crippen molar-refractivity contribution in [1.82, 2.24) is 4.90 Å². The molecule has 1 N–H and O–H groups in total. The lowest BCUT2D eigenvalue weighted by Crippen LogP contribution is -2.45. The van der Waals surface area contributed by atoms with Crippen LogP contribution in [0.25, 0.3) is 6.08 Å². The summed E-state index contributed by atoms with van der Waals surface area (Å²) >= 11 is 0. The Hall–Kier alpha value is -1.61. The van der Waals surface area contributed by atoms with Gasteiger partial charge in [0.1, 0.15) is 0 Å². The maximum Gasteiger partial charge on any atom is 0.246 e. The highest BCUT2D eigenvalue weighted by molar-refractivity contribution is 5.91. The van der Waals surface area contributed by atoms with E-state index in [0.717, 1.165) is 31.2 Å². The lowest BCUT2D eigenvalue weighted by molar-refractivity contribution is -0.130. The first-order chi connectivity index (χ1) is 9.18. The molecular formula is C16H21NO2. The molecule has 1 saturated carbocycles. The molecule has 0 bridgehead atoms. The number of benzene rings is 1. The van der Waals surface area contributed by atoms with E-state index < -0.39 is 0 Å². The summed E-state index contributed by atoms with van der Waals surface area (Å²) in [7, 11) is 1.77. The minimum absolute atomic E-state index is 0.0401. The highest BCUT2D eigenvalue weighted by atomic mass is 16.3. The summed E-state index contributed by atoms with van der Waals surface area (Å²) in [5.41, 5.74) is 1.01. The summed E-state index contributed by atoms with van der Waals surface area (Å²) in [6, 6.07) is 9.71. The quantitative estimate of drug-likeness (QED) is 0.847. The molecule has 1 fully saturated rings. The molecule has 0 saturated heterocycles. The third-order valence-electron chi connectivity index (χ3n) is 3.76. The molecule has 0 radical (unpaired) electrons. The summed E-state index contributed by atoms with van der Waals surface area (Å²) in [5, 5.41) is 9.96. The molecule has 0 heterocycles. The van der Waals surface area contributed by atoms with Gasteiger partial charge in [0.2, 0.25) is 5.91 Å². The van der Waals surface area contributed by atoms with Gasteiger partial charge in [-0.3, -0.25) is 4.79 Å². The maximum atomic E-state index is 12.1. The van der Waals surface area contributed by atoms with Crippen molar-refractivity contribution >= 4 is 12.0 Å². The van der Waals surface area contributed by atoms with Gasteiger partial charge in [-0.15, -0.1) is 0 Å². The van der Waals surface area contributed by atoms with E-state index in [2.05, 4.69) is 0 Å². The van der Waals surface area contributed by atoms with Crippen molar-refractivity contribution in [2.24, 2.45) is 0 Å². The van der Waals surface area contributed by atoms with Crippen molar-refractivity contribution < 1.29 is 9.90 Å². The molecule has 3 nitrogen and oxygen atoms in total. The molecule has 1 aromatic carbocycles. The second-order valence-electron chi connectivity index (χ2n) is 5.11. The Bertz CT molecular complexity index is 441. The molecule has 102 valence electrons. The molecule has 1 aliphatic rings. The van der Waals surface area contributed by atoms with Gasteiger partial charge in [0.05, 0.1) is 12.1 Å². The molecule has 3 heteroatoms. The third-order valence-corrected chi connectivity index (χ3v) is 3.76. The lowest BCUT2D eigenvalue weighted by Gasteiger charge is -2.34. The van der Waals surface area contributed by atoms with E-state index in [1.165, 1.54) is 0 Å². The fraction of sp³-hybridized carbons (Fsp3) is 0.438. The van der Waals surface area contributed by atoms with E-state index in [4.69, 9.17) is 0 Å². The molecule has 1 aliphatic carbocycles. The van der Waals surface area contributed by atoms with Crippen LogP contribution in [0.2, 0.25) is 0 Å². The van der Waals surface area contributed by atoms with Crippen LogP contribution in [-0.2, 0) is 4.79 Å². The zero-order chi connectivity index (χ0) is 13.7. The second kappa shape index (κ2) is 6.53. The average molecular weight is 259 g/mol. The molecule has 0 aromatic heterocycles. The molecule has 19 heavy (non-hydrogen) atoms. The van der Waals surface area contributed by atoms with Crippen LogP contribution in [0, 0.1) is 0 Å². The lowest BCUT2D eigenvalue weighted by atomic mass is 9.91. The smallest absolute Gasteiger partial charge is 0.246 e. The van der Waals surface area contributed by atoms with Crippen LogP contribution in [0.5, 0.6) is 0 Å². The number of nitrogens with zero attached hydrogens (tertiary/aromatic N) is 1. The number of hydrogen-bond donors (Lipinski definition) is 1. The van der Waals surface area contributed by atoms with E-state index >= 15 is 0 Å². The Morgan fingerprint density at radius 1 is 1.26 bits per heavy atom. The molecule has 1 amide bonds. The van der Waals surface area contributed by atoms with Gasteiger partial charge in [0.15, 0.2) is 0 Å². The third kappa shape index (κ3) is 3.67. The number of carbonyl (C=O) groups is 1.